The van der Waals surface area contributed by atoms with Gasteiger partial charge in [0, 0.05) is 45.6 Å². The largest absolute Gasteiger partial charge is 0.398 e. The molecule has 3 atom stereocenters. The average molecular weight is 614 g/mol. The third-order valence-electron chi connectivity index (χ3n) is 7.25. The zero-order valence-corrected chi connectivity index (χ0v) is 24.8. The van der Waals surface area contributed by atoms with Crippen LogP contribution in [0.5, 0.6) is 0 Å². The minimum Gasteiger partial charge on any atom is -0.398 e. The minimum atomic E-state index is -3.93. The van der Waals surface area contributed by atoms with Crippen molar-refractivity contribution in [3.05, 3.63) is 126 Å². The molecule has 220 valence electrons. The Morgan fingerprint density at radius 1 is 0.907 bits per heavy atom. The van der Waals surface area contributed by atoms with Gasteiger partial charge in [-0.05, 0) is 47.5 Å². The number of nitrogens with two attached hydrogens (primary N) is 1. The van der Waals surface area contributed by atoms with Crippen LogP contribution in [0, 0.1) is 0 Å². The second kappa shape index (κ2) is 12.7. The number of hydrogen-bond donors (Lipinski definition) is 3. The predicted molar refractivity (Wildman–Crippen MR) is 169 cm³/mol. The summed E-state index contributed by atoms with van der Waals surface area (Å²) in [6, 6.07) is 31.2. The molecule has 4 aromatic carbocycles. The van der Waals surface area contributed by atoms with E-state index < -0.39 is 16.3 Å². The maximum absolute atomic E-state index is 13.4. The van der Waals surface area contributed by atoms with Crippen molar-refractivity contribution in [1.82, 2.24) is 4.98 Å². The summed E-state index contributed by atoms with van der Waals surface area (Å²) in [7, 11) is -3.93. The molecule has 0 saturated carbocycles. The molecular weight excluding hydrogens is 583 g/mol. The maximum atomic E-state index is 13.4. The monoisotopic (exact) mass is 613 g/mol. The number of anilines is 2. The number of aromatic nitrogens is 1. The number of fused-ring (bicyclic) bond motifs is 1. The highest BCUT2D eigenvalue weighted by Crippen LogP contribution is 2.40. The van der Waals surface area contributed by atoms with Gasteiger partial charge >= 0.3 is 0 Å². The second-order valence-corrected chi connectivity index (χ2v) is 13.0. The van der Waals surface area contributed by atoms with Gasteiger partial charge in [-0.3, -0.25) is 9.71 Å². The summed E-state index contributed by atoms with van der Waals surface area (Å²) in [5.41, 5.74) is 10.2. The number of rotatable bonds is 9. The Balaban J connectivity index is 1.26. The SMILES string of the molecule is Nc1ccccc1SC[C@@H]1C[C@H](c2ccc(CO)cc2)OC(c2cccc(NS(=O)(=O)c3cccc4cccnc34)c2)O1. The Morgan fingerprint density at radius 3 is 2.51 bits per heavy atom. The summed E-state index contributed by atoms with van der Waals surface area (Å²) in [5.74, 6) is 0.652. The number of thioether (sulfide) groups is 1. The number of aliphatic hydroxyl groups excluding tert-OH is 1. The lowest BCUT2D eigenvalue weighted by Crippen LogP contribution is -2.31. The van der Waals surface area contributed by atoms with E-state index in [2.05, 4.69) is 9.71 Å². The van der Waals surface area contributed by atoms with Crippen molar-refractivity contribution in [2.45, 2.75) is 41.3 Å². The highest BCUT2D eigenvalue weighted by Gasteiger charge is 2.32. The quantitative estimate of drug-likeness (QED) is 0.128. The first-order chi connectivity index (χ1) is 20.9. The van der Waals surface area contributed by atoms with Gasteiger partial charge in [-0.15, -0.1) is 11.8 Å². The lowest BCUT2D eigenvalue weighted by atomic mass is 10.0. The summed E-state index contributed by atoms with van der Waals surface area (Å²) >= 11 is 1.63. The normalized spacial score (nSPS) is 18.9. The molecule has 1 aliphatic heterocycles. The van der Waals surface area contributed by atoms with Gasteiger partial charge in [-0.2, -0.15) is 0 Å². The summed E-state index contributed by atoms with van der Waals surface area (Å²) in [6.07, 6.45) is 1.02. The van der Waals surface area contributed by atoms with E-state index in [9.17, 15) is 13.5 Å². The Labute approximate surface area is 254 Å². The lowest BCUT2D eigenvalue weighted by molar-refractivity contribution is -0.245. The van der Waals surface area contributed by atoms with Crippen LogP contribution >= 0.6 is 11.8 Å². The van der Waals surface area contributed by atoms with E-state index in [-0.39, 0.29) is 23.7 Å². The summed E-state index contributed by atoms with van der Waals surface area (Å²) < 4.78 is 42.5. The van der Waals surface area contributed by atoms with Crippen LogP contribution in [0.3, 0.4) is 0 Å². The molecular formula is C33H31N3O5S2. The number of nitrogens with one attached hydrogen (secondary N) is 1. The van der Waals surface area contributed by atoms with Crippen molar-refractivity contribution in [3.63, 3.8) is 0 Å². The number of nitrogens with zero attached hydrogens (tertiary/aromatic N) is 1. The molecule has 1 fully saturated rings. The van der Waals surface area contributed by atoms with Gasteiger partial charge in [0.1, 0.15) is 4.90 Å². The van der Waals surface area contributed by atoms with Crippen molar-refractivity contribution in [2.75, 3.05) is 16.2 Å². The fourth-order valence-electron chi connectivity index (χ4n) is 5.07. The Bertz CT molecular complexity index is 1830. The van der Waals surface area contributed by atoms with Crippen molar-refractivity contribution < 1.29 is 23.0 Å². The van der Waals surface area contributed by atoms with E-state index in [4.69, 9.17) is 15.2 Å². The number of benzene rings is 4. The van der Waals surface area contributed by atoms with Crippen molar-refractivity contribution in [3.8, 4) is 0 Å². The van der Waals surface area contributed by atoms with Crippen LogP contribution in [0.2, 0.25) is 0 Å². The summed E-state index contributed by atoms with van der Waals surface area (Å²) in [6.45, 7) is -0.0349. The molecule has 0 radical (unpaired) electrons. The van der Waals surface area contributed by atoms with Gasteiger partial charge in [0.15, 0.2) is 6.29 Å². The van der Waals surface area contributed by atoms with E-state index in [0.717, 1.165) is 21.4 Å². The van der Waals surface area contributed by atoms with E-state index >= 15 is 0 Å². The highest BCUT2D eigenvalue weighted by molar-refractivity contribution is 7.99. The van der Waals surface area contributed by atoms with Crippen LogP contribution in [-0.4, -0.2) is 30.4 Å². The van der Waals surface area contributed by atoms with Crippen LogP contribution in [0.4, 0.5) is 11.4 Å². The molecule has 43 heavy (non-hydrogen) atoms. The number of pyridine rings is 1. The molecule has 8 nitrogen and oxygen atoms in total. The Kier molecular flexibility index (Phi) is 8.64. The van der Waals surface area contributed by atoms with Crippen LogP contribution in [-0.2, 0) is 26.1 Å². The van der Waals surface area contributed by atoms with E-state index in [1.54, 1.807) is 54.4 Å². The fourth-order valence-corrected chi connectivity index (χ4v) is 7.29. The smallest absolute Gasteiger partial charge is 0.264 e. The van der Waals surface area contributed by atoms with Crippen molar-refractivity contribution in [2.24, 2.45) is 0 Å². The fraction of sp³-hybridized carbons (Fsp3) is 0.182. The molecule has 6 rings (SSSR count). The first-order valence-electron chi connectivity index (χ1n) is 13.8. The molecule has 1 unspecified atom stereocenters. The average Bonchev–Trinajstić information content (AvgIpc) is 3.04. The predicted octanol–water partition coefficient (Wildman–Crippen LogP) is 6.45. The molecule has 10 heteroatoms. The molecule has 0 aliphatic carbocycles. The molecule has 1 aliphatic rings. The maximum Gasteiger partial charge on any atom is 0.264 e. The summed E-state index contributed by atoms with van der Waals surface area (Å²) in [5, 5.41) is 10.2. The van der Waals surface area contributed by atoms with Gasteiger partial charge in [0.2, 0.25) is 0 Å². The number of aliphatic hydroxyl groups is 1. The Morgan fingerprint density at radius 2 is 1.70 bits per heavy atom. The molecule has 4 N–H and O–H groups in total. The van der Waals surface area contributed by atoms with Crippen LogP contribution < -0.4 is 10.5 Å². The van der Waals surface area contributed by atoms with Gasteiger partial charge in [-0.25, -0.2) is 8.42 Å². The summed E-state index contributed by atoms with van der Waals surface area (Å²) in [4.78, 5) is 5.38. The standard InChI is InChI=1S/C33H31N3O5S2/c34-28-10-1-2-11-30(28)42-21-27-19-29(23-15-13-22(20-37)14-16-23)41-33(40-27)25-7-3-9-26(18-25)36-43(38,39)31-12-4-6-24-8-5-17-35-32(24)31/h1-18,27,29,33,36-37H,19-21,34H2/t27-,29+,33?/m0/s1. The van der Waals surface area contributed by atoms with E-state index in [0.29, 0.717) is 34.6 Å². The van der Waals surface area contributed by atoms with Crippen molar-refractivity contribution in [1.29, 1.82) is 0 Å². The zero-order valence-electron chi connectivity index (χ0n) is 23.2. The van der Waals surface area contributed by atoms with Gasteiger partial charge in [-0.1, -0.05) is 66.7 Å². The van der Waals surface area contributed by atoms with Gasteiger partial charge in [0.05, 0.1) is 24.3 Å². The number of ether oxygens (including phenoxy) is 2. The first kappa shape index (κ1) is 29.2. The van der Waals surface area contributed by atoms with E-state index in [1.807, 2.05) is 66.7 Å². The Hall–Kier alpha value is -3.93. The molecule has 5 aromatic rings. The zero-order chi connectivity index (χ0) is 29.8. The minimum absolute atomic E-state index is 0.0349. The van der Waals surface area contributed by atoms with Gasteiger partial charge < -0.3 is 20.3 Å². The third-order valence-corrected chi connectivity index (χ3v) is 9.89. The number of para-hydroxylation sites is 2. The number of sulfonamides is 1. The second-order valence-electron chi connectivity index (χ2n) is 10.3. The number of nitrogen functional groups attached to an aromatic ring is 1. The first-order valence-corrected chi connectivity index (χ1v) is 16.3. The molecule has 0 amide bonds. The molecule has 0 spiro atoms. The van der Waals surface area contributed by atoms with Crippen LogP contribution in [0.15, 0.2) is 119 Å². The number of hydrogen-bond acceptors (Lipinski definition) is 8. The van der Waals surface area contributed by atoms with Crippen molar-refractivity contribution >= 4 is 44.1 Å². The molecule has 1 aromatic heterocycles. The highest BCUT2D eigenvalue weighted by atomic mass is 32.2. The topological polar surface area (TPSA) is 124 Å². The van der Waals surface area contributed by atoms with Crippen LogP contribution in [0.25, 0.3) is 10.9 Å². The molecule has 2 heterocycles. The van der Waals surface area contributed by atoms with Crippen LogP contribution in [0.1, 0.15) is 35.5 Å². The van der Waals surface area contributed by atoms with Gasteiger partial charge in [0.25, 0.3) is 10.0 Å². The molecule has 1 saturated heterocycles. The molecule has 0 bridgehead atoms. The van der Waals surface area contributed by atoms with E-state index in [1.165, 1.54) is 0 Å². The lowest BCUT2D eigenvalue weighted by Gasteiger charge is -2.36. The third kappa shape index (κ3) is 6.69.